The molecule has 7 heteroatoms. The first-order chi connectivity index (χ1) is 14.3. The first-order valence-electron chi connectivity index (χ1n) is 10.1. The molecule has 0 heterocycles. The van der Waals surface area contributed by atoms with Gasteiger partial charge in [-0.05, 0) is 43.0 Å². The van der Waals surface area contributed by atoms with E-state index in [2.05, 4.69) is 34.9 Å². The summed E-state index contributed by atoms with van der Waals surface area (Å²) in [6.45, 7) is 5.86. The van der Waals surface area contributed by atoms with Gasteiger partial charge in [-0.1, -0.05) is 48.5 Å². The fraction of sp³-hybridized carbons (Fsp3) is 0.391. The van der Waals surface area contributed by atoms with Crippen LogP contribution in [-0.2, 0) is 9.47 Å². The van der Waals surface area contributed by atoms with E-state index in [1.165, 1.54) is 11.1 Å². The molecule has 0 fully saturated rings. The van der Waals surface area contributed by atoms with Crippen LogP contribution in [0.4, 0.5) is 9.59 Å². The second-order valence-electron chi connectivity index (χ2n) is 8.29. The molecule has 1 aliphatic rings. The zero-order chi connectivity index (χ0) is 21.7. The van der Waals surface area contributed by atoms with Crippen LogP contribution in [0.2, 0.25) is 0 Å². The Morgan fingerprint density at radius 3 is 2.10 bits per heavy atom. The lowest BCUT2D eigenvalue weighted by Crippen LogP contribution is -2.49. The van der Waals surface area contributed by atoms with Crippen molar-refractivity contribution < 1.29 is 19.1 Å². The first kappa shape index (κ1) is 21.6. The molecule has 2 amide bonds. The fourth-order valence-corrected chi connectivity index (χ4v) is 3.52. The molecule has 160 valence electrons. The van der Waals surface area contributed by atoms with Crippen LogP contribution < -0.4 is 16.4 Å². The lowest BCUT2D eigenvalue weighted by molar-refractivity contribution is 0.0504. The second-order valence-corrected chi connectivity index (χ2v) is 8.29. The standard InChI is InChI=1S/C23H29N3O4/c1-23(2,3)30-22(28)26-15(12-24)13-25-21(27)29-14-20-18-10-6-4-8-16(18)17-9-5-7-11-19(17)20/h4-11,15,20H,12-14,24H2,1-3H3,(H,25,27)(H,26,28)/t15-/m0/s1. The summed E-state index contributed by atoms with van der Waals surface area (Å²) in [5.74, 6) is -0.00616. The number of fused-ring (bicyclic) bond motifs is 3. The molecule has 1 atom stereocenters. The highest BCUT2D eigenvalue weighted by molar-refractivity contribution is 5.79. The van der Waals surface area contributed by atoms with Gasteiger partial charge in [0.1, 0.15) is 12.2 Å². The van der Waals surface area contributed by atoms with Gasteiger partial charge in [0.05, 0.1) is 6.04 Å². The van der Waals surface area contributed by atoms with Gasteiger partial charge in [-0.2, -0.15) is 0 Å². The molecule has 3 rings (SSSR count). The molecule has 2 aromatic rings. The van der Waals surface area contributed by atoms with E-state index >= 15 is 0 Å². The third kappa shape index (κ3) is 5.30. The van der Waals surface area contributed by atoms with Crippen LogP contribution in [0.1, 0.15) is 37.8 Å². The Morgan fingerprint density at radius 2 is 1.57 bits per heavy atom. The normalized spacial score (nSPS) is 13.7. The number of nitrogens with one attached hydrogen (secondary N) is 2. The number of benzene rings is 2. The minimum absolute atomic E-state index is 0.00616. The Kier molecular flexibility index (Phi) is 6.62. The van der Waals surface area contributed by atoms with Gasteiger partial charge in [0.15, 0.2) is 0 Å². The van der Waals surface area contributed by atoms with Crippen LogP contribution >= 0.6 is 0 Å². The summed E-state index contributed by atoms with van der Waals surface area (Å²) >= 11 is 0. The van der Waals surface area contributed by atoms with Crippen LogP contribution in [0.25, 0.3) is 11.1 Å². The number of hydrogen-bond donors (Lipinski definition) is 3. The number of amides is 2. The minimum atomic E-state index is -0.608. The van der Waals surface area contributed by atoms with Gasteiger partial charge in [-0.15, -0.1) is 0 Å². The van der Waals surface area contributed by atoms with Crippen LogP contribution in [0.3, 0.4) is 0 Å². The third-order valence-corrected chi connectivity index (χ3v) is 4.84. The quantitative estimate of drug-likeness (QED) is 0.676. The van der Waals surface area contributed by atoms with Crippen molar-refractivity contribution in [1.82, 2.24) is 10.6 Å². The predicted molar refractivity (Wildman–Crippen MR) is 115 cm³/mol. The smallest absolute Gasteiger partial charge is 0.407 e. The topological polar surface area (TPSA) is 103 Å². The predicted octanol–water partition coefficient (Wildman–Crippen LogP) is 3.38. The number of hydrogen-bond acceptors (Lipinski definition) is 5. The molecular weight excluding hydrogens is 382 g/mol. The maximum Gasteiger partial charge on any atom is 0.407 e. The lowest BCUT2D eigenvalue weighted by atomic mass is 9.98. The number of nitrogens with two attached hydrogens (primary N) is 1. The van der Waals surface area contributed by atoms with Crippen molar-refractivity contribution in [1.29, 1.82) is 0 Å². The summed E-state index contributed by atoms with van der Waals surface area (Å²) in [7, 11) is 0. The molecule has 0 saturated heterocycles. The fourth-order valence-electron chi connectivity index (χ4n) is 3.52. The SMILES string of the molecule is CC(C)(C)OC(=O)N[C@@H](CN)CNC(=O)OCC1c2ccccc2-c2ccccc21. The molecule has 0 radical (unpaired) electrons. The molecule has 0 saturated carbocycles. The highest BCUT2D eigenvalue weighted by atomic mass is 16.6. The highest BCUT2D eigenvalue weighted by Crippen LogP contribution is 2.44. The number of ether oxygens (including phenoxy) is 2. The van der Waals surface area contributed by atoms with Gasteiger partial charge < -0.3 is 25.8 Å². The molecule has 1 aliphatic carbocycles. The van der Waals surface area contributed by atoms with Crippen molar-refractivity contribution >= 4 is 12.2 Å². The maximum atomic E-state index is 12.2. The van der Waals surface area contributed by atoms with E-state index in [-0.39, 0.29) is 25.6 Å². The highest BCUT2D eigenvalue weighted by Gasteiger charge is 2.29. The zero-order valence-corrected chi connectivity index (χ0v) is 17.6. The summed E-state index contributed by atoms with van der Waals surface area (Å²) in [4.78, 5) is 24.1. The van der Waals surface area contributed by atoms with Gasteiger partial charge in [-0.25, -0.2) is 9.59 Å². The Morgan fingerprint density at radius 1 is 1.00 bits per heavy atom. The van der Waals surface area contributed by atoms with Gasteiger partial charge in [0.25, 0.3) is 0 Å². The average molecular weight is 412 g/mol. The molecule has 30 heavy (non-hydrogen) atoms. The average Bonchev–Trinajstić information content (AvgIpc) is 3.02. The second kappa shape index (κ2) is 9.17. The Bertz CT molecular complexity index is 862. The largest absolute Gasteiger partial charge is 0.449 e. The van der Waals surface area contributed by atoms with Crippen molar-refractivity contribution in [2.45, 2.75) is 38.3 Å². The first-order valence-corrected chi connectivity index (χ1v) is 10.1. The minimum Gasteiger partial charge on any atom is -0.449 e. The Balaban J connectivity index is 1.53. The number of carbonyl (C=O) groups excluding carboxylic acids is 2. The van der Waals surface area contributed by atoms with Gasteiger partial charge in [-0.3, -0.25) is 0 Å². The summed E-state index contributed by atoms with van der Waals surface area (Å²) in [5, 5.41) is 5.31. The van der Waals surface area contributed by atoms with Crippen LogP contribution in [0, 0.1) is 0 Å². The summed E-state index contributed by atoms with van der Waals surface area (Å²) in [6, 6.07) is 15.8. The zero-order valence-electron chi connectivity index (χ0n) is 17.6. The monoisotopic (exact) mass is 411 g/mol. The van der Waals surface area contributed by atoms with Crippen molar-refractivity contribution in [3.8, 4) is 11.1 Å². The van der Waals surface area contributed by atoms with Gasteiger partial charge in [0.2, 0.25) is 0 Å². The van der Waals surface area contributed by atoms with E-state index in [9.17, 15) is 9.59 Å². The van der Waals surface area contributed by atoms with Gasteiger partial charge in [0, 0.05) is 19.0 Å². The van der Waals surface area contributed by atoms with E-state index < -0.39 is 23.8 Å². The number of rotatable bonds is 6. The molecule has 0 aliphatic heterocycles. The van der Waals surface area contributed by atoms with Crippen molar-refractivity contribution in [3.63, 3.8) is 0 Å². The lowest BCUT2D eigenvalue weighted by Gasteiger charge is -2.23. The van der Waals surface area contributed by atoms with E-state index in [4.69, 9.17) is 15.2 Å². The van der Waals surface area contributed by atoms with Crippen molar-refractivity contribution in [2.75, 3.05) is 19.7 Å². The van der Waals surface area contributed by atoms with E-state index in [1.54, 1.807) is 20.8 Å². The molecule has 2 aromatic carbocycles. The van der Waals surface area contributed by atoms with Crippen LogP contribution in [-0.4, -0.2) is 43.5 Å². The van der Waals surface area contributed by atoms with Crippen molar-refractivity contribution in [3.05, 3.63) is 59.7 Å². The molecule has 0 unspecified atom stereocenters. The Labute approximate surface area is 176 Å². The number of carbonyl (C=O) groups is 2. The molecular formula is C23H29N3O4. The van der Waals surface area contributed by atoms with E-state index in [1.807, 2.05) is 24.3 Å². The van der Waals surface area contributed by atoms with Gasteiger partial charge >= 0.3 is 12.2 Å². The molecule has 0 spiro atoms. The maximum absolute atomic E-state index is 12.2. The number of alkyl carbamates (subject to hydrolysis) is 2. The molecule has 4 N–H and O–H groups in total. The summed E-state index contributed by atoms with van der Waals surface area (Å²) in [6.07, 6.45) is -1.13. The van der Waals surface area contributed by atoms with Crippen LogP contribution in [0.5, 0.6) is 0 Å². The Hall–Kier alpha value is -3.06. The summed E-state index contributed by atoms with van der Waals surface area (Å²) in [5.41, 5.74) is 9.73. The molecule has 0 aromatic heterocycles. The molecule has 7 nitrogen and oxygen atoms in total. The van der Waals surface area contributed by atoms with E-state index in [0.29, 0.717) is 0 Å². The summed E-state index contributed by atoms with van der Waals surface area (Å²) < 4.78 is 10.7. The molecule has 0 bridgehead atoms. The van der Waals surface area contributed by atoms with Crippen molar-refractivity contribution in [2.24, 2.45) is 5.73 Å². The third-order valence-electron chi connectivity index (χ3n) is 4.84. The van der Waals surface area contributed by atoms with E-state index in [0.717, 1.165) is 11.1 Å². The van der Waals surface area contributed by atoms with Crippen LogP contribution in [0.15, 0.2) is 48.5 Å².